The fraction of sp³-hybridized carbons (Fsp3) is 0.158. The minimum atomic E-state index is -0.287. The number of nitrogens with zero attached hydrogens (tertiary/aromatic N) is 1. The highest BCUT2D eigenvalue weighted by atomic mass is 32.1. The van der Waals surface area contributed by atoms with Crippen LogP contribution in [0.15, 0.2) is 54.6 Å². The fourth-order valence-electron chi connectivity index (χ4n) is 2.28. The molecule has 0 aliphatic rings. The molecule has 0 radical (unpaired) electrons. The van der Waals surface area contributed by atoms with Gasteiger partial charge in [0.15, 0.2) is 0 Å². The zero-order valence-electron chi connectivity index (χ0n) is 13.6. The van der Waals surface area contributed by atoms with Crippen LogP contribution in [0, 0.1) is 6.92 Å². The Morgan fingerprint density at radius 1 is 1.12 bits per heavy atom. The molecular weight excluding hydrogens is 320 g/mol. The number of carbonyl (C=O) groups excluding carboxylic acids is 1. The minimum absolute atomic E-state index is 0.177. The molecule has 3 aromatic rings. The van der Waals surface area contributed by atoms with E-state index >= 15 is 0 Å². The second-order valence-corrected chi connectivity index (χ2v) is 6.48. The third kappa shape index (κ3) is 3.81. The Balaban J connectivity index is 1.95. The van der Waals surface area contributed by atoms with Gasteiger partial charge in [0.2, 0.25) is 0 Å². The van der Waals surface area contributed by atoms with Gasteiger partial charge in [-0.15, -0.1) is 11.3 Å². The molecule has 0 saturated carbocycles. The van der Waals surface area contributed by atoms with Crippen molar-refractivity contribution in [3.8, 4) is 11.3 Å². The van der Waals surface area contributed by atoms with Gasteiger partial charge in [-0.05, 0) is 19.1 Å². The highest BCUT2D eigenvalue weighted by Gasteiger charge is 2.15. The van der Waals surface area contributed by atoms with E-state index in [1.807, 2.05) is 42.5 Å². The summed E-state index contributed by atoms with van der Waals surface area (Å²) in [4.78, 5) is 16.2. The van der Waals surface area contributed by atoms with Crippen molar-refractivity contribution in [2.24, 2.45) is 0 Å². The first-order valence-corrected chi connectivity index (χ1v) is 8.43. The molecule has 0 bridgehead atoms. The summed E-state index contributed by atoms with van der Waals surface area (Å²) in [5, 5.41) is 5.07. The predicted octanol–water partition coefficient (Wildman–Crippen LogP) is 4.58. The molecule has 1 heterocycles. The van der Waals surface area contributed by atoms with Gasteiger partial charge in [0.1, 0.15) is 15.7 Å². The van der Waals surface area contributed by atoms with Gasteiger partial charge < -0.3 is 10.1 Å². The minimum Gasteiger partial charge on any atom is -0.469 e. The Hall–Kier alpha value is -2.66. The molecule has 0 spiro atoms. The van der Waals surface area contributed by atoms with Crippen LogP contribution in [-0.4, -0.2) is 18.1 Å². The van der Waals surface area contributed by atoms with Gasteiger partial charge in [0, 0.05) is 11.3 Å². The molecule has 1 aromatic heterocycles. The Kier molecular flexibility index (Phi) is 4.91. The van der Waals surface area contributed by atoms with Gasteiger partial charge >= 0.3 is 5.97 Å². The van der Waals surface area contributed by atoms with E-state index in [0.717, 1.165) is 27.0 Å². The SMILES string of the molecule is COC(=O)Cc1nc(-c2ccccc2)c(Nc2ccc(C)cc2)s1. The van der Waals surface area contributed by atoms with Gasteiger partial charge in [0.05, 0.1) is 13.5 Å². The number of thiazole rings is 1. The van der Waals surface area contributed by atoms with Crippen molar-refractivity contribution in [3.05, 3.63) is 65.2 Å². The topological polar surface area (TPSA) is 51.2 Å². The van der Waals surface area contributed by atoms with E-state index in [4.69, 9.17) is 4.74 Å². The number of hydrogen-bond donors (Lipinski definition) is 1. The van der Waals surface area contributed by atoms with E-state index in [1.165, 1.54) is 24.0 Å². The van der Waals surface area contributed by atoms with Crippen molar-refractivity contribution in [2.75, 3.05) is 12.4 Å². The summed E-state index contributed by atoms with van der Waals surface area (Å²) in [5.41, 5.74) is 4.06. The summed E-state index contributed by atoms with van der Waals surface area (Å²) in [6.45, 7) is 2.06. The molecule has 5 heteroatoms. The monoisotopic (exact) mass is 338 g/mol. The molecule has 3 rings (SSSR count). The van der Waals surface area contributed by atoms with Crippen LogP contribution in [0.4, 0.5) is 10.7 Å². The average molecular weight is 338 g/mol. The first-order valence-electron chi connectivity index (χ1n) is 7.61. The second kappa shape index (κ2) is 7.27. The van der Waals surface area contributed by atoms with Crippen molar-refractivity contribution in [2.45, 2.75) is 13.3 Å². The number of anilines is 2. The van der Waals surface area contributed by atoms with Crippen LogP contribution in [0.25, 0.3) is 11.3 Å². The first-order chi connectivity index (χ1) is 11.7. The number of methoxy groups -OCH3 is 1. The lowest BCUT2D eigenvalue weighted by molar-refractivity contribution is -0.139. The number of carbonyl (C=O) groups is 1. The molecule has 0 atom stereocenters. The average Bonchev–Trinajstić information content (AvgIpc) is 3.00. The van der Waals surface area contributed by atoms with E-state index in [2.05, 4.69) is 29.4 Å². The van der Waals surface area contributed by atoms with E-state index in [-0.39, 0.29) is 12.4 Å². The van der Waals surface area contributed by atoms with Crippen molar-refractivity contribution < 1.29 is 9.53 Å². The molecule has 122 valence electrons. The Labute approximate surface area is 145 Å². The van der Waals surface area contributed by atoms with Crippen LogP contribution in [0.2, 0.25) is 0 Å². The zero-order valence-corrected chi connectivity index (χ0v) is 14.4. The number of aryl methyl sites for hydroxylation is 1. The maximum atomic E-state index is 11.6. The molecule has 0 amide bonds. The Morgan fingerprint density at radius 3 is 2.50 bits per heavy atom. The first kappa shape index (κ1) is 16.2. The number of ether oxygens (including phenoxy) is 1. The summed E-state index contributed by atoms with van der Waals surface area (Å²) in [6, 6.07) is 18.1. The molecule has 0 saturated heterocycles. The molecule has 24 heavy (non-hydrogen) atoms. The van der Waals surface area contributed by atoms with Crippen molar-refractivity contribution >= 4 is 28.0 Å². The Bertz CT molecular complexity index is 826. The quantitative estimate of drug-likeness (QED) is 0.692. The molecular formula is C19H18N2O2S. The smallest absolute Gasteiger partial charge is 0.312 e. The third-order valence-corrected chi connectivity index (χ3v) is 4.52. The lowest BCUT2D eigenvalue weighted by atomic mass is 10.1. The number of aromatic nitrogens is 1. The third-order valence-electron chi connectivity index (χ3n) is 3.55. The van der Waals surface area contributed by atoms with E-state index < -0.39 is 0 Å². The van der Waals surface area contributed by atoms with E-state index in [0.29, 0.717) is 0 Å². The normalized spacial score (nSPS) is 10.4. The molecule has 1 N–H and O–H groups in total. The standard InChI is InChI=1S/C19H18N2O2S/c1-13-8-10-15(11-9-13)20-19-18(14-6-4-3-5-7-14)21-16(24-19)12-17(22)23-2/h3-11,20H,12H2,1-2H3. The van der Waals surface area contributed by atoms with Crippen LogP contribution in [0.1, 0.15) is 10.6 Å². The molecule has 0 unspecified atom stereocenters. The van der Waals surface area contributed by atoms with Gasteiger partial charge in [-0.2, -0.15) is 0 Å². The number of hydrogen-bond acceptors (Lipinski definition) is 5. The van der Waals surface area contributed by atoms with Crippen molar-refractivity contribution in [1.82, 2.24) is 4.98 Å². The lowest BCUT2D eigenvalue weighted by Gasteiger charge is -2.06. The van der Waals surface area contributed by atoms with Crippen LogP contribution in [0.5, 0.6) is 0 Å². The van der Waals surface area contributed by atoms with Crippen LogP contribution in [-0.2, 0) is 16.0 Å². The number of rotatable bonds is 5. The van der Waals surface area contributed by atoms with Gasteiger partial charge in [-0.1, -0.05) is 48.0 Å². The summed E-state index contributed by atoms with van der Waals surface area (Å²) >= 11 is 1.47. The van der Waals surface area contributed by atoms with Crippen molar-refractivity contribution in [3.63, 3.8) is 0 Å². The number of esters is 1. The maximum absolute atomic E-state index is 11.6. The van der Waals surface area contributed by atoms with Gasteiger partial charge in [-0.3, -0.25) is 4.79 Å². The van der Waals surface area contributed by atoms with Crippen LogP contribution >= 0.6 is 11.3 Å². The molecule has 2 aromatic carbocycles. The summed E-state index contributed by atoms with van der Waals surface area (Å²) in [6.07, 6.45) is 0.177. The predicted molar refractivity (Wildman–Crippen MR) is 97.7 cm³/mol. The highest BCUT2D eigenvalue weighted by Crippen LogP contribution is 2.35. The fourth-order valence-corrected chi connectivity index (χ4v) is 3.27. The summed E-state index contributed by atoms with van der Waals surface area (Å²) in [7, 11) is 1.39. The molecule has 0 aliphatic carbocycles. The van der Waals surface area contributed by atoms with Crippen LogP contribution in [0.3, 0.4) is 0 Å². The molecule has 4 nitrogen and oxygen atoms in total. The second-order valence-electron chi connectivity index (χ2n) is 5.40. The lowest BCUT2D eigenvalue weighted by Crippen LogP contribution is -2.03. The number of nitrogens with one attached hydrogen (secondary N) is 1. The maximum Gasteiger partial charge on any atom is 0.312 e. The van der Waals surface area contributed by atoms with Gasteiger partial charge in [-0.25, -0.2) is 4.98 Å². The van der Waals surface area contributed by atoms with Crippen LogP contribution < -0.4 is 5.32 Å². The molecule has 0 aliphatic heterocycles. The van der Waals surface area contributed by atoms with Gasteiger partial charge in [0.25, 0.3) is 0 Å². The molecule has 0 fully saturated rings. The number of benzene rings is 2. The van der Waals surface area contributed by atoms with E-state index in [1.54, 1.807) is 0 Å². The zero-order chi connectivity index (χ0) is 16.9. The summed E-state index contributed by atoms with van der Waals surface area (Å²) in [5.74, 6) is -0.287. The van der Waals surface area contributed by atoms with Crippen molar-refractivity contribution in [1.29, 1.82) is 0 Å². The largest absolute Gasteiger partial charge is 0.469 e. The Morgan fingerprint density at radius 2 is 1.83 bits per heavy atom. The highest BCUT2D eigenvalue weighted by molar-refractivity contribution is 7.16. The summed E-state index contributed by atoms with van der Waals surface area (Å²) < 4.78 is 4.75. The van der Waals surface area contributed by atoms with E-state index in [9.17, 15) is 4.79 Å².